The Labute approximate surface area is 141 Å². The van der Waals surface area contributed by atoms with E-state index in [0.717, 1.165) is 29.1 Å². The molecule has 0 atom stereocenters. The summed E-state index contributed by atoms with van der Waals surface area (Å²) >= 11 is 1.72. The predicted molar refractivity (Wildman–Crippen MR) is 97.5 cm³/mol. The van der Waals surface area contributed by atoms with E-state index in [-0.39, 0.29) is 5.56 Å². The molecule has 0 N–H and O–H groups in total. The lowest BCUT2D eigenvalue weighted by Crippen LogP contribution is -2.31. The highest BCUT2D eigenvalue weighted by Crippen LogP contribution is 2.31. The van der Waals surface area contributed by atoms with Crippen LogP contribution in [0, 0.1) is 12.8 Å². The Morgan fingerprint density at radius 1 is 1.26 bits per heavy atom. The summed E-state index contributed by atoms with van der Waals surface area (Å²) in [7, 11) is 3.84. The first-order valence-electron chi connectivity index (χ1n) is 7.94. The van der Waals surface area contributed by atoms with Gasteiger partial charge >= 0.3 is 0 Å². The minimum atomic E-state index is 0.0175. The molecule has 1 aliphatic rings. The van der Waals surface area contributed by atoms with Crippen LogP contribution < -0.4 is 10.5 Å². The number of thioether (sulfide) groups is 1. The van der Waals surface area contributed by atoms with Gasteiger partial charge in [-0.3, -0.25) is 4.79 Å². The fourth-order valence-electron chi connectivity index (χ4n) is 2.85. The van der Waals surface area contributed by atoms with E-state index in [1.807, 2.05) is 25.9 Å². The van der Waals surface area contributed by atoms with Crippen molar-refractivity contribution in [2.75, 3.05) is 25.3 Å². The van der Waals surface area contributed by atoms with E-state index in [4.69, 9.17) is 5.10 Å². The van der Waals surface area contributed by atoms with Crippen molar-refractivity contribution in [2.45, 2.75) is 31.2 Å². The van der Waals surface area contributed by atoms with Crippen LogP contribution >= 0.6 is 11.8 Å². The van der Waals surface area contributed by atoms with E-state index < -0.39 is 0 Å². The second-order valence-corrected chi connectivity index (χ2v) is 7.26. The maximum Gasteiger partial charge on any atom is 0.290 e. The second kappa shape index (κ2) is 6.40. The highest BCUT2D eigenvalue weighted by molar-refractivity contribution is 7.98. The third kappa shape index (κ3) is 3.29. The van der Waals surface area contributed by atoms with Crippen molar-refractivity contribution >= 4 is 17.4 Å². The zero-order valence-electron chi connectivity index (χ0n) is 14.2. The van der Waals surface area contributed by atoms with Gasteiger partial charge in [-0.05, 0) is 44.1 Å². The molecule has 1 aromatic carbocycles. The first-order chi connectivity index (χ1) is 11.0. The molecule has 3 rings (SSSR count). The van der Waals surface area contributed by atoms with Crippen LogP contribution in [0.4, 0.5) is 5.69 Å². The Hall–Kier alpha value is -1.75. The molecular formula is C18H23N3OS. The molecule has 5 heteroatoms. The van der Waals surface area contributed by atoms with Gasteiger partial charge in [-0.1, -0.05) is 12.1 Å². The van der Waals surface area contributed by atoms with Gasteiger partial charge in [-0.2, -0.15) is 5.10 Å². The van der Waals surface area contributed by atoms with Crippen molar-refractivity contribution in [3.63, 3.8) is 0 Å². The van der Waals surface area contributed by atoms with E-state index >= 15 is 0 Å². The van der Waals surface area contributed by atoms with Gasteiger partial charge in [0.05, 0.1) is 5.69 Å². The van der Waals surface area contributed by atoms with Crippen molar-refractivity contribution in [2.24, 2.45) is 5.92 Å². The van der Waals surface area contributed by atoms with Crippen LogP contribution in [0.15, 0.2) is 34.0 Å². The Bertz CT molecular complexity index is 761. The average molecular weight is 329 g/mol. The lowest BCUT2D eigenvalue weighted by Gasteiger charge is -2.19. The molecule has 0 unspecified atom stereocenters. The maximum absolute atomic E-state index is 12.7. The minimum Gasteiger partial charge on any atom is -0.373 e. The van der Waals surface area contributed by atoms with Gasteiger partial charge < -0.3 is 4.90 Å². The quantitative estimate of drug-likeness (QED) is 0.788. The Kier molecular flexibility index (Phi) is 4.48. The summed E-state index contributed by atoms with van der Waals surface area (Å²) in [6.07, 6.45) is 4.48. The third-order valence-corrected chi connectivity index (χ3v) is 5.05. The Balaban J connectivity index is 2.13. The van der Waals surface area contributed by atoms with Crippen molar-refractivity contribution in [1.29, 1.82) is 0 Å². The number of hydrogen-bond donors (Lipinski definition) is 0. The molecule has 1 saturated carbocycles. The summed E-state index contributed by atoms with van der Waals surface area (Å²) < 4.78 is 1.66. The van der Waals surface area contributed by atoms with Crippen LogP contribution in [-0.2, 0) is 6.54 Å². The smallest absolute Gasteiger partial charge is 0.290 e. The summed E-state index contributed by atoms with van der Waals surface area (Å²) in [6, 6.07) is 8.39. The van der Waals surface area contributed by atoms with Crippen molar-refractivity contribution in [1.82, 2.24) is 9.78 Å². The highest BCUT2D eigenvalue weighted by Gasteiger charge is 2.25. The zero-order chi connectivity index (χ0) is 16.6. The largest absolute Gasteiger partial charge is 0.373 e. The van der Waals surface area contributed by atoms with Gasteiger partial charge in [0, 0.05) is 36.7 Å². The first-order valence-corrected chi connectivity index (χ1v) is 9.17. The monoisotopic (exact) mass is 329 g/mol. The lowest BCUT2D eigenvalue weighted by molar-refractivity contribution is 0.534. The molecule has 23 heavy (non-hydrogen) atoms. The molecule has 0 saturated heterocycles. The predicted octanol–water partition coefficient (Wildman–Crippen LogP) is 3.42. The van der Waals surface area contributed by atoms with Gasteiger partial charge in [0.25, 0.3) is 5.56 Å². The standard InChI is InChI=1S/C18H23N3OS/c1-12-16(14-7-9-15(23-4)10-8-14)19-21(11-13-5-6-13)18(22)17(12)20(2)3/h7-10,13H,5-6,11H2,1-4H3. The number of rotatable bonds is 5. The van der Waals surface area contributed by atoms with E-state index in [9.17, 15) is 4.79 Å². The summed E-state index contributed by atoms with van der Waals surface area (Å²) in [4.78, 5) is 15.9. The van der Waals surface area contributed by atoms with Crippen molar-refractivity contribution < 1.29 is 0 Å². The van der Waals surface area contributed by atoms with Gasteiger partial charge in [0.2, 0.25) is 0 Å². The van der Waals surface area contributed by atoms with Crippen LogP contribution in [0.2, 0.25) is 0 Å². The maximum atomic E-state index is 12.7. The van der Waals surface area contributed by atoms with Crippen LogP contribution in [0.1, 0.15) is 18.4 Å². The third-order valence-electron chi connectivity index (χ3n) is 4.31. The fourth-order valence-corrected chi connectivity index (χ4v) is 3.26. The number of aromatic nitrogens is 2. The molecule has 1 aromatic heterocycles. The van der Waals surface area contributed by atoms with Crippen LogP contribution in [0.5, 0.6) is 0 Å². The van der Waals surface area contributed by atoms with Crippen LogP contribution in [0.25, 0.3) is 11.3 Å². The molecule has 0 bridgehead atoms. The first kappa shape index (κ1) is 16.1. The molecule has 122 valence electrons. The highest BCUT2D eigenvalue weighted by atomic mass is 32.2. The summed E-state index contributed by atoms with van der Waals surface area (Å²) in [5, 5.41) is 4.69. The molecular weight excluding hydrogens is 306 g/mol. The van der Waals surface area contributed by atoms with Gasteiger partial charge in [-0.25, -0.2) is 4.68 Å². The zero-order valence-corrected chi connectivity index (χ0v) is 15.0. The molecule has 1 fully saturated rings. The van der Waals surface area contributed by atoms with E-state index in [1.54, 1.807) is 16.4 Å². The van der Waals surface area contributed by atoms with Gasteiger partial charge in [0.1, 0.15) is 5.69 Å². The topological polar surface area (TPSA) is 38.1 Å². The normalized spacial score (nSPS) is 14.1. The van der Waals surface area contributed by atoms with Gasteiger partial charge in [-0.15, -0.1) is 11.8 Å². The minimum absolute atomic E-state index is 0.0175. The molecule has 2 aromatic rings. The fraction of sp³-hybridized carbons (Fsp3) is 0.444. The molecule has 4 nitrogen and oxygen atoms in total. The van der Waals surface area contributed by atoms with Gasteiger partial charge in [0.15, 0.2) is 0 Å². The second-order valence-electron chi connectivity index (χ2n) is 6.38. The summed E-state index contributed by atoms with van der Waals surface area (Å²) in [6.45, 7) is 2.72. The van der Waals surface area contributed by atoms with E-state index in [1.165, 1.54) is 17.7 Å². The summed E-state index contributed by atoms with van der Waals surface area (Å²) in [5.74, 6) is 0.615. The molecule has 1 heterocycles. The average Bonchev–Trinajstić information content (AvgIpc) is 3.34. The van der Waals surface area contributed by atoms with Crippen molar-refractivity contribution in [3.8, 4) is 11.3 Å². The van der Waals surface area contributed by atoms with Crippen molar-refractivity contribution in [3.05, 3.63) is 40.2 Å². The SMILES string of the molecule is CSc1ccc(-c2nn(CC3CC3)c(=O)c(N(C)C)c2C)cc1. The van der Waals surface area contributed by atoms with E-state index in [0.29, 0.717) is 5.92 Å². The Morgan fingerprint density at radius 2 is 1.91 bits per heavy atom. The Morgan fingerprint density at radius 3 is 2.43 bits per heavy atom. The van der Waals surface area contributed by atoms with Crippen LogP contribution in [0.3, 0.4) is 0 Å². The molecule has 0 spiro atoms. The molecule has 0 radical (unpaired) electrons. The van der Waals surface area contributed by atoms with E-state index in [2.05, 4.69) is 30.5 Å². The molecule has 1 aliphatic carbocycles. The summed E-state index contributed by atoms with van der Waals surface area (Å²) in [5.41, 5.74) is 3.67. The molecule has 0 amide bonds. The number of benzene rings is 1. The number of nitrogens with zero attached hydrogens (tertiary/aromatic N) is 3. The van der Waals surface area contributed by atoms with Crippen LogP contribution in [-0.4, -0.2) is 30.1 Å². The number of anilines is 1. The lowest BCUT2D eigenvalue weighted by atomic mass is 10.1. The number of hydrogen-bond acceptors (Lipinski definition) is 4. The molecule has 0 aliphatic heterocycles.